The van der Waals surface area contributed by atoms with Crippen LogP contribution in [0.15, 0.2) is 170 Å². The molecule has 1 heterocycles. The fourth-order valence-corrected chi connectivity index (χ4v) is 9.21. The van der Waals surface area contributed by atoms with Crippen LogP contribution in [-0.4, -0.2) is 0 Å². The fourth-order valence-electron chi connectivity index (χ4n) is 7.84. The van der Waals surface area contributed by atoms with Crippen LogP contribution < -0.4 is 0 Å². The Morgan fingerprint density at radius 2 is 0.787 bits per heavy atom. The maximum absolute atomic E-state index is 2.41. The van der Waals surface area contributed by atoms with Crippen molar-refractivity contribution in [1.29, 1.82) is 0 Å². The minimum absolute atomic E-state index is 1.25. The SMILES string of the molecule is c1ccc(-c2c3ccccc3c(-c3cccc4c3sc3c(-c5cccc6ccccc56)c5ccccc5cc34)c3ccccc23)cc1. The van der Waals surface area contributed by atoms with Crippen molar-refractivity contribution in [2.75, 3.05) is 0 Å². The summed E-state index contributed by atoms with van der Waals surface area (Å²) in [6, 6.07) is 62.5. The van der Waals surface area contributed by atoms with Gasteiger partial charge in [-0.15, -0.1) is 11.3 Å². The van der Waals surface area contributed by atoms with Gasteiger partial charge in [0.1, 0.15) is 0 Å². The van der Waals surface area contributed by atoms with Crippen LogP contribution in [0.2, 0.25) is 0 Å². The zero-order valence-electron chi connectivity index (χ0n) is 25.6. The predicted octanol–water partition coefficient (Wildman–Crippen LogP) is 13.7. The summed E-state index contributed by atoms with van der Waals surface area (Å²) >= 11 is 1.95. The summed E-state index contributed by atoms with van der Waals surface area (Å²) in [6.07, 6.45) is 0. The van der Waals surface area contributed by atoms with Gasteiger partial charge in [0.15, 0.2) is 0 Å². The van der Waals surface area contributed by atoms with E-state index in [9.17, 15) is 0 Å². The molecule has 0 aliphatic carbocycles. The molecule has 0 saturated carbocycles. The van der Waals surface area contributed by atoms with Crippen LogP contribution in [0.1, 0.15) is 0 Å². The van der Waals surface area contributed by atoms with E-state index in [1.54, 1.807) is 0 Å². The second-order valence-electron chi connectivity index (χ2n) is 12.4. The maximum atomic E-state index is 2.41. The molecule has 0 unspecified atom stereocenters. The van der Waals surface area contributed by atoms with Gasteiger partial charge in [-0.25, -0.2) is 0 Å². The van der Waals surface area contributed by atoms with E-state index in [2.05, 4.69) is 170 Å². The first-order valence-electron chi connectivity index (χ1n) is 16.2. The molecule has 218 valence electrons. The fraction of sp³-hybridized carbons (Fsp3) is 0. The number of rotatable bonds is 3. The van der Waals surface area contributed by atoms with Gasteiger partial charge in [0, 0.05) is 31.3 Å². The van der Waals surface area contributed by atoms with Crippen molar-refractivity contribution >= 4 is 74.6 Å². The summed E-state index contributed by atoms with van der Waals surface area (Å²) in [5, 5.41) is 12.9. The first-order valence-corrected chi connectivity index (χ1v) is 17.0. The molecule has 0 saturated heterocycles. The third kappa shape index (κ3) is 3.94. The van der Waals surface area contributed by atoms with Crippen LogP contribution >= 0.6 is 11.3 Å². The molecular formula is C46H28S. The molecule has 0 amide bonds. The van der Waals surface area contributed by atoms with Gasteiger partial charge in [-0.2, -0.15) is 0 Å². The highest BCUT2D eigenvalue weighted by atomic mass is 32.1. The number of thiophene rings is 1. The first-order chi connectivity index (χ1) is 23.3. The Kier molecular flexibility index (Phi) is 5.85. The molecule has 0 nitrogen and oxygen atoms in total. The molecule has 0 N–H and O–H groups in total. The van der Waals surface area contributed by atoms with E-state index in [0.29, 0.717) is 0 Å². The Morgan fingerprint density at radius 3 is 1.51 bits per heavy atom. The lowest BCUT2D eigenvalue weighted by Gasteiger charge is -2.18. The average Bonchev–Trinajstić information content (AvgIpc) is 3.51. The van der Waals surface area contributed by atoms with Gasteiger partial charge < -0.3 is 0 Å². The van der Waals surface area contributed by atoms with Gasteiger partial charge in [0.2, 0.25) is 0 Å². The van der Waals surface area contributed by atoms with Crippen molar-refractivity contribution in [3.05, 3.63) is 170 Å². The van der Waals surface area contributed by atoms with Gasteiger partial charge in [0.25, 0.3) is 0 Å². The lowest BCUT2D eigenvalue weighted by atomic mass is 9.85. The van der Waals surface area contributed by atoms with E-state index in [0.717, 1.165) is 0 Å². The summed E-state index contributed by atoms with van der Waals surface area (Å²) in [5.74, 6) is 0. The normalized spacial score (nSPS) is 11.8. The second kappa shape index (κ2) is 10.4. The third-order valence-corrected chi connectivity index (χ3v) is 11.1. The van der Waals surface area contributed by atoms with Crippen molar-refractivity contribution in [2.45, 2.75) is 0 Å². The minimum atomic E-state index is 1.25. The Balaban J connectivity index is 1.36. The largest absolute Gasteiger partial charge is 0.134 e. The Labute approximate surface area is 276 Å². The van der Waals surface area contributed by atoms with Crippen LogP contribution in [0.4, 0.5) is 0 Å². The molecule has 0 atom stereocenters. The molecule has 0 aliphatic rings. The molecule has 47 heavy (non-hydrogen) atoms. The molecule has 0 fully saturated rings. The topological polar surface area (TPSA) is 0 Å². The molecule has 9 aromatic carbocycles. The lowest BCUT2D eigenvalue weighted by Crippen LogP contribution is -1.90. The molecule has 10 aromatic rings. The van der Waals surface area contributed by atoms with Crippen molar-refractivity contribution in [3.8, 4) is 33.4 Å². The molecule has 0 bridgehead atoms. The summed E-state index contributed by atoms with van der Waals surface area (Å²) in [4.78, 5) is 0. The van der Waals surface area contributed by atoms with E-state index in [1.807, 2.05) is 11.3 Å². The highest BCUT2D eigenvalue weighted by molar-refractivity contribution is 7.27. The zero-order valence-corrected chi connectivity index (χ0v) is 26.4. The van der Waals surface area contributed by atoms with Crippen molar-refractivity contribution in [2.24, 2.45) is 0 Å². The molecule has 10 rings (SSSR count). The van der Waals surface area contributed by atoms with Gasteiger partial charge in [0.05, 0.1) is 0 Å². The second-order valence-corrected chi connectivity index (χ2v) is 13.4. The number of benzene rings is 9. The summed E-state index contributed by atoms with van der Waals surface area (Å²) in [5.41, 5.74) is 7.77. The van der Waals surface area contributed by atoms with Crippen LogP contribution in [0.3, 0.4) is 0 Å². The van der Waals surface area contributed by atoms with Crippen LogP contribution in [0.5, 0.6) is 0 Å². The summed E-state index contributed by atoms with van der Waals surface area (Å²) in [6.45, 7) is 0. The van der Waals surface area contributed by atoms with E-state index in [-0.39, 0.29) is 0 Å². The van der Waals surface area contributed by atoms with Crippen LogP contribution in [0, 0.1) is 0 Å². The van der Waals surface area contributed by atoms with Gasteiger partial charge in [-0.3, -0.25) is 0 Å². The molecular weight excluding hydrogens is 585 g/mol. The third-order valence-electron chi connectivity index (χ3n) is 9.83. The Bertz CT molecular complexity index is 2780. The Hall–Kier alpha value is -5.76. The van der Waals surface area contributed by atoms with Crippen LogP contribution in [-0.2, 0) is 0 Å². The van der Waals surface area contributed by atoms with Crippen molar-refractivity contribution in [1.82, 2.24) is 0 Å². The van der Waals surface area contributed by atoms with E-state index in [4.69, 9.17) is 0 Å². The van der Waals surface area contributed by atoms with E-state index in [1.165, 1.54) is 96.6 Å². The quantitative estimate of drug-likeness (QED) is 0.174. The van der Waals surface area contributed by atoms with Crippen LogP contribution in [0.25, 0.3) is 96.6 Å². The van der Waals surface area contributed by atoms with Crippen molar-refractivity contribution in [3.63, 3.8) is 0 Å². The minimum Gasteiger partial charge on any atom is -0.134 e. The van der Waals surface area contributed by atoms with E-state index < -0.39 is 0 Å². The number of hydrogen-bond acceptors (Lipinski definition) is 1. The highest BCUT2D eigenvalue weighted by Crippen LogP contribution is 2.50. The zero-order chi connectivity index (χ0) is 30.9. The van der Waals surface area contributed by atoms with Gasteiger partial charge in [-0.05, 0) is 71.4 Å². The molecule has 0 aliphatic heterocycles. The van der Waals surface area contributed by atoms with Crippen molar-refractivity contribution < 1.29 is 0 Å². The molecule has 0 spiro atoms. The Morgan fingerprint density at radius 1 is 0.277 bits per heavy atom. The molecule has 1 heteroatoms. The maximum Gasteiger partial charge on any atom is 0.0440 e. The molecule has 1 aromatic heterocycles. The average molecular weight is 613 g/mol. The first kappa shape index (κ1) is 26.5. The standard InChI is InChI=1S/C46H28S/c1-2-15-30(16-3-1)42-35-21-8-10-23-37(35)43(38-24-11-9-22-36(38)42)40-27-13-26-39-41-28-31-17-5-7-20-33(31)44(46(41)47-45(39)40)34-25-12-18-29-14-4-6-19-32(29)34/h1-28H. The number of fused-ring (bicyclic) bond motifs is 7. The van der Waals surface area contributed by atoms with E-state index >= 15 is 0 Å². The smallest absolute Gasteiger partial charge is 0.0440 e. The summed E-state index contributed by atoms with van der Waals surface area (Å²) in [7, 11) is 0. The predicted molar refractivity (Wildman–Crippen MR) is 206 cm³/mol. The lowest BCUT2D eigenvalue weighted by molar-refractivity contribution is 1.67. The van der Waals surface area contributed by atoms with Gasteiger partial charge in [-0.1, -0.05) is 164 Å². The van der Waals surface area contributed by atoms with Gasteiger partial charge >= 0.3 is 0 Å². The summed E-state index contributed by atoms with van der Waals surface area (Å²) < 4.78 is 2.68. The molecule has 0 radical (unpaired) electrons. The number of hydrogen-bond donors (Lipinski definition) is 0. The highest BCUT2D eigenvalue weighted by Gasteiger charge is 2.21. The monoisotopic (exact) mass is 612 g/mol.